The van der Waals surface area contributed by atoms with Gasteiger partial charge in [0.25, 0.3) is 5.91 Å². The molecule has 31 heavy (non-hydrogen) atoms. The number of amides is 3. The van der Waals surface area contributed by atoms with Gasteiger partial charge >= 0.3 is 0 Å². The second-order valence-electron chi connectivity index (χ2n) is 7.14. The standard InChI is InChI=1S/C21H21ClN4O4S/c1-30-7-6-23-18(27)11-26-16-5-3-2-4-12(16)8-15(21(26)29)24-19(28)14-9-13-10-17(22)31-20(13)25-14/h2-5,9-10,15,25H,6-8,11H2,1H3,(H,23,27)(H,24,28). The molecule has 10 heteroatoms. The summed E-state index contributed by atoms with van der Waals surface area (Å²) in [4.78, 5) is 43.5. The number of ether oxygens (including phenoxy) is 1. The number of para-hydroxylation sites is 1. The molecule has 2 aromatic heterocycles. The van der Waals surface area contributed by atoms with Crippen LogP contribution >= 0.6 is 22.9 Å². The van der Waals surface area contributed by atoms with Gasteiger partial charge in [-0.2, -0.15) is 0 Å². The molecule has 0 fully saturated rings. The molecule has 3 heterocycles. The quantitative estimate of drug-likeness (QED) is 0.471. The molecule has 162 valence electrons. The molecular weight excluding hydrogens is 440 g/mol. The van der Waals surface area contributed by atoms with Crippen molar-refractivity contribution in [1.82, 2.24) is 15.6 Å². The van der Waals surface area contributed by atoms with Gasteiger partial charge in [0.15, 0.2) is 0 Å². The van der Waals surface area contributed by atoms with Gasteiger partial charge in [-0.15, -0.1) is 11.3 Å². The number of aromatic nitrogens is 1. The first kappa shape index (κ1) is 21.4. The molecule has 8 nitrogen and oxygen atoms in total. The van der Waals surface area contributed by atoms with Crippen LogP contribution in [0.4, 0.5) is 5.69 Å². The molecule has 0 saturated carbocycles. The maximum Gasteiger partial charge on any atom is 0.268 e. The first-order valence-electron chi connectivity index (χ1n) is 9.70. The summed E-state index contributed by atoms with van der Waals surface area (Å²) in [5, 5.41) is 6.37. The van der Waals surface area contributed by atoms with Gasteiger partial charge in [-0.25, -0.2) is 0 Å². The van der Waals surface area contributed by atoms with Crippen LogP contribution in [0.1, 0.15) is 16.1 Å². The van der Waals surface area contributed by atoms with E-state index in [2.05, 4.69) is 15.6 Å². The van der Waals surface area contributed by atoms with E-state index in [4.69, 9.17) is 16.3 Å². The Kier molecular flexibility index (Phi) is 6.26. The van der Waals surface area contributed by atoms with E-state index in [1.807, 2.05) is 18.2 Å². The third-order valence-electron chi connectivity index (χ3n) is 5.03. The number of fused-ring (bicyclic) bond motifs is 2. The third-order valence-corrected chi connectivity index (χ3v) is 6.22. The van der Waals surface area contributed by atoms with Gasteiger partial charge in [0, 0.05) is 31.1 Å². The average Bonchev–Trinajstić information content (AvgIpc) is 3.29. The number of carbonyl (C=O) groups is 3. The normalized spacial score (nSPS) is 15.7. The Morgan fingerprint density at radius 1 is 1.32 bits per heavy atom. The van der Waals surface area contributed by atoms with E-state index >= 15 is 0 Å². The molecule has 1 aliphatic heterocycles. The molecule has 1 aromatic carbocycles. The summed E-state index contributed by atoms with van der Waals surface area (Å²) < 4.78 is 5.56. The van der Waals surface area contributed by atoms with Gasteiger partial charge in [-0.05, 0) is 23.8 Å². The predicted molar refractivity (Wildman–Crippen MR) is 120 cm³/mol. The minimum atomic E-state index is -0.779. The molecule has 0 radical (unpaired) electrons. The zero-order valence-electron chi connectivity index (χ0n) is 16.7. The minimum absolute atomic E-state index is 0.136. The Bertz CT molecular complexity index is 1110. The number of hydrogen-bond donors (Lipinski definition) is 3. The number of thiophene rings is 1. The Morgan fingerprint density at radius 2 is 2.13 bits per heavy atom. The van der Waals surface area contributed by atoms with E-state index in [0.717, 1.165) is 15.8 Å². The summed E-state index contributed by atoms with van der Waals surface area (Å²) in [7, 11) is 1.55. The molecule has 0 saturated heterocycles. The van der Waals surface area contributed by atoms with Gasteiger partial charge in [0.1, 0.15) is 23.1 Å². The van der Waals surface area contributed by atoms with Crippen LogP contribution < -0.4 is 15.5 Å². The van der Waals surface area contributed by atoms with E-state index in [9.17, 15) is 14.4 Å². The van der Waals surface area contributed by atoms with E-state index in [1.54, 1.807) is 25.3 Å². The summed E-state index contributed by atoms with van der Waals surface area (Å²) in [6.07, 6.45) is 0.351. The van der Waals surface area contributed by atoms with E-state index in [0.29, 0.717) is 35.3 Å². The molecule has 1 atom stereocenters. The Balaban J connectivity index is 1.51. The predicted octanol–water partition coefficient (Wildman–Crippen LogP) is 2.33. The second kappa shape index (κ2) is 9.09. The molecule has 4 rings (SSSR count). The molecule has 3 N–H and O–H groups in total. The van der Waals surface area contributed by atoms with Gasteiger partial charge in [-0.3, -0.25) is 14.4 Å². The molecule has 0 bridgehead atoms. The van der Waals surface area contributed by atoms with Crippen LogP contribution in [0.3, 0.4) is 0 Å². The van der Waals surface area contributed by atoms with Gasteiger partial charge in [-0.1, -0.05) is 29.8 Å². The Labute approximate surface area is 187 Å². The largest absolute Gasteiger partial charge is 0.383 e. The summed E-state index contributed by atoms with van der Waals surface area (Å²) in [5.41, 5.74) is 1.92. The molecule has 1 aliphatic rings. The van der Waals surface area contributed by atoms with Crippen molar-refractivity contribution in [2.75, 3.05) is 31.7 Å². The monoisotopic (exact) mass is 460 g/mol. The van der Waals surface area contributed by atoms with E-state index in [-0.39, 0.29) is 24.3 Å². The maximum absolute atomic E-state index is 13.2. The number of nitrogens with zero attached hydrogens (tertiary/aromatic N) is 1. The fraction of sp³-hybridized carbons (Fsp3) is 0.286. The fourth-order valence-electron chi connectivity index (χ4n) is 3.58. The van der Waals surface area contributed by atoms with E-state index in [1.165, 1.54) is 16.2 Å². The minimum Gasteiger partial charge on any atom is -0.383 e. The van der Waals surface area contributed by atoms with Crippen molar-refractivity contribution in [3.05, 3.63) is 52.0 Å². The highest BCUT2D eigenvalue weighted by molar-refractivity contribution is 7.22. The first-order valence-corrected chi connectivity index (χ1v) is 10.9. The van der Waals surface area contributed by atoms with Crippen LogP contribution in [0.25, 0.3) is 10.2 Å². The molecular formula is C21H21ClN4O4S. The number of anilines is 1. The first-order chi connectivity index (χ1) is 15.0. The smallest absolute Gasteiger partial charge is 0.268 e. The van der Waals surface area contributed by atoms with Crippen LogP contribution in [-0.2, 0) is 20.7 Å². The molecule has 0 spiro atoms. The summed E-state index contributed by atoms with van der Waals surface area (Å²) in [5.74, 6) is -1.01. The van der Waals surface area contributed by atoms with Crippen molar-refractivity contribution < 1.29 is 19.1 Å². The molecule has 3 aromatic rings. The van der Waals surface area contributed by atoms with Crippen LogP contribution in [-0.4, -0.2) is 55.6 Å². The summed E-state index contributed by atoms with van der Waals surface area (Å²) >= 11 is 7.33. The zero-order valence-corrected chi connectivity index (χ0v) is 18.3. The van der Waals surface area contributed by atoms with Gasteiger partial charge < -0.3 is 25.3 Å². The molecule has 0 aliphatic carbocycles. The lowest BCUT2D eigenvalue weighted by Crippen LogP contribution is -2.55. The highest BCUT2D eigenvalue weighted by Gasteiger charge is 2.35. The second-order valence-corrected chi connectivity index (χ2v) is 8.83. The number of benzene rings is 1. The topological polar surface area (TPSA) is 104 Å². The molecule has 3 amide bonds. The van der Waals surface area contributed by atoms with E-state index < -0.39 is 6.04 Å². The number of methoxy groups -OCH3 is 1. The summed E-state index contributed by atoms with van der Waals surface area (Å²) in [6.45, 7) is 0.601. The SMILES string of the molecule is COCCNC(=O)CN1C(=O)C(NC(=O)c2cc3cc(Cl)sc3[nH]2)Cc2ccccc21. The van der Waals surface area contributed by atoms with Gasteiger partial charge in [0.2, 0.25) is 11.8 Å². The zero-order chi connectivity index (χ0) is 22.0. The van der Waals surface area contributed by atoms with Crippen LogP contribution in [0.2, 0.25) is 4.34 Å². The van der Waals surface area contributed by atoms with Crippen LogP contribution in [0.5, 0.6) is 0 Å². The molecule has 1 unspecified atom stereocenters. The van der Waals surface area contributed by atoms with Crippen molar-refractivity contribution in [3.63, 3.8) is 0 Å². The fourth-order valence-corrected chi connectivity index (χ4v) is 4.71. The van der Waals surface area contributed by atoms with Crippen molar-refractivity contribution in [1.29, 1.82) is 0 Å². The van der Waals surface area contributed by atoms with Crippen molar-refractivity contribution in [3.8, 4) is 0 Å². The lowest BCUT2D eigenvalue weighted by atomic mass is 9.97. The Hall–Kier alpha value is -2.88. The van der Waals surface area contributed by atoms with Crippen LogP contribution in [0.15, 0.2) is 36.4 Å². The summed E-state index contributed by atoms with van der Waals surface area (Å²) in [6, 6.07) is 10.1. The number of H-pyrrole nitrogens is 1. The highest BCUT2D eigenvalue weighted by atomic mass is 35.5. The van der Waals surface area contributed by atoms with Crippen molar-refractivity contribution >= 4 is 56.6 Å². The maximum atomic E-state index is 13.2. The number of halogens is 1. The lowest BCUT2D eigenvalue weighted by Gasteiger charge is -2.34. The van der Waals surface area contributed by atoms with Gasteiger partial charge in [0.05, 0.1) is 10.9 Å². The average molecular weight is 461 g/mol. The Morgan fingerprint density at radius 3 is 2.90 bits per heavy atom. The lowest BCUT2D eigenvalue weighted by molar-refractivity contribution is -0.125. The number of aromatic amines is 1. The number of nitrogens with one attached hydrogen (secondary N) is 3. The number of hydrogen-bond acceptors (Lipinski definition) is 5. The number of carbonyl (C=O) groups excluding carboxylic acids is 3. The van der Waals surface area contributed by atoms with Crippen LogP contribution in [0, 0.1) is 0 Å². The van der Waals surface area contributed by atoms with Crippen molar-refractivity contribution in [2.45, 2.75) is 12.5 Å². The number of rotatable bonds is 7. The highest BCUT2D eigenvalue weighted by Crippen LogP contribution is 2.30. The van der Waals surface area contributed by atoms with Crippen molar-refractivity contribution in [2.24, 2.45) is 0 Å². The third kappa shape index (κ3) is 4.58.